The lowest BCUT2D eigenvalue weighted by molar-refractivity contribution is -0.134. The van der Waals surface area contributed by atoms with Crippen molar-refractivity contribution < 1.29 is 14.3 Å². The molecule has 1 heterocycles. The topological polar surface area (TPSA) is 61.9 Å². The van der Waals surface area contributed by atoms with Crippen LogP contribution in [0.4, 0.5) is 0 Å². The second-order valence-electron chi connectivity index (χ2n) is 7.64. The zero-order chi connectivity index (χ0) is 22.6. The molecule has 1 aliphatic rings. The number of rotatable bonds is 12. The third-order valence-corrected chi connectivity index (χ3v) is 7.80. The van der Waals surface area contributed by atoms with Crippen LogP contribution in [0.1, 0.15) is 25.7 Å². The largest absolute Gasteiger partial charge is 0.482 e. The Morgan fingerprint density at radius 3 is 2.58 bits per heavy atom. The van der Waals surface area contributed by atoms with E-state index in [1.807, 2.05) is 21.6 Å². The summed E-state index contributed by atoms with van der Waals surface area (Å²) < 4.78 is 5.53. The lowest BCUT2D eigenvalue weighted by atomic mass is 10.0. The lowest BCUT2D eigenvalue weighted by Crippen LogP contribution is -2.47. The van der Waals surface area contributed by atoms with Crippen LogP contribution in [0.5, 0.6) is 5.75 Å². The van der Waals surface area contributed by atoms with Crippen LogP contribution in [0, 0.1) is 0 Å². The molecule has 2 rings (SSSR count). The third-order valence-electron chi connectivity index (χ3n) is 4.79. The number of hydrogen-bond donors (Lipinski definition) is 1. The number of hydrogen-bond acceptors (Lipinski definition) is 6. The van der Waals surface area contributed by atoms with Crippen molar-refractivity contribution >= 4 is 56.6 Å². The predicted octanol–water partition coefficient (Wildman–Crippen LogP) is 4.20. The number of piperidine rings is 1. The van der Waals surface area contributed by atoms with Gasteiger partial charge in [0.1, 0.15) is 5.75 Å². The van der Waals surface area contributed by atoms with Gasteiger partial charge in [0.25, 0.3) is 5.91 Å². The summed E-state index contributed by atoms with van der Waals surface area (Å²) in [6.45, 7) is 2.22. The molecule has 0 spiro atoms. The number of halogens is 2. The highest BCUT2D eigenvalue weighted by Gasteiger charge is 2.24. The molecule has 1 saturated heterocycles. The molecule has 10 heteroatoms. The number of nitrogens with zero attached hydrogens (tertiary/aromatic N) is 2. The normalized spacial score (nSPS) is 14.7. The Kier molecular flexibility index (Phi) is 12.3. The third kappa shape index (κ3) is 10.6. The average Bonchev–Trinajstić information content (AvgIpc) is 2.72. The van der Waals surface area contributed by atoms with E-state index in [4.69, 9.17) is 27.9 Å². The summed E-state index contributed by atoms with van der Waals surface area (Å²) in [5.41, 5.74) is 0. The van der Waals surface area contributed by atoms with Gasteiger partial charge < -0.3 is 19.9 Å². The fourth-order valence-electron chi connectivity index (χ4n) is 3.03. The molecular weight excluding hydrogens is 477 g/mol. The van der Waals surface area contributed by atoms with E-state index in [0.717, 1.165) is 37.3 Å². The second kappa shape index (κ2) is 14.4. The van der Waals surface area contributed by atoms with Gasteiger partial charge in [-0.15, -0.1) is 0 Å². The molecule has 31 heavy (non-hydrogen) atoms. The molecule has 1 aliphatic heterocycles. The Morgan fingerprint density at radius 1 is 1.19 bits per heavy atom. The first-order valence-corrected chi connectivity index (χ1v) is 13.6. The number of benzene rings is 1. The molecule has 0 bridgehead atoms. The van der Waals surface area contributed by atoms with Crippen molar-refractivity contribution in [2.24, 2.45) is 0 Å². The zero-order valence-corrected chi connectivity index (χ0v) is 21.2. The molecule has 0 aliphatic carbocycles. The fraction of sp³-hybridized carbons (Fsp3) is 0.619. The minimum Gasteiger partial charge on any atom is -0.482 e. The number of carbonyl (C=O) groups excluding carboxylic acids is 2. The van der Waals surface area contributed by atoms with Crippen LogP contribution in [0.25, 0.3) is 0 Å². The van der Waals surface area contributed by atoms with Gasteiger partial charge in [-0.05, 0) is 51.6 Å². The molecule has 174 valence electrons. The van der Waals surface area contributed by atoms with Crippen LogP contribution >= 0.6 is 44.8 Å². The van der Waals surface area contributed by atoms with E-state index in [9.17, 15) is 9.59 Å². The van der Waals surface area contributed by atoms with E-state index in [2.05, 4.69) is 24.3 Å². The summed E-state index contributed by atoms with van der Waals surface area (Å²) in [6, 6.07) is 5.04. The first-order chi connectivity index (χ1) is 14.8. The van der Waals surface area contributed by atoms with Gasteiger partial charge in [-0.25, -0.2) is 0 Å². The van der Waals surface area contributed by atoms with Gasteiger partial charge >= 0.3 is 0 Å². The Labute approximate surface area is 203 Å². The summed E-state index contributed by atoms with van der Waals surface area (Å²) in [4.78, 5) is 28.5. The van der Waals surface area contributed by atoms with E-state index < -0.39 is 0 Å². The highest BCUT2D eigenvalue weighted by Crippen LogP contribution is 2.27. The highest BCUT2D eigenvalue weighted by molar-refractivity contribution is 8.76. The van der Waals surface area contributed by atoms with E-state index in [1.54, 1.807) is 23.1 Å². The van der Waals surface area contributed by atoms with Crippen LogP contribution in [-0.2, 0) is 9.59 Å². The van der Waals surface area contributed by atoms with Gasteiger partial charge in [-0.1, -0.05) is 44.8 Å². The zero-order valence-electron chi connectivity index (χ0n) is 18.1. The number of amides is 2. The minimum atomic E-state index is -0.0837. The van der Waals surface area contributed by atoms with E-state index in [0.29, 0.717) is 35.3 Å². The van der Waals surface area contributed by atoms with Crippen molar-refractivity contribution in [1.29, 1.82) is 0 Å². The van der Waals surface area contributed by atoms with Crippen LogP contribution in [0.3, 0.4) is 0 Å². The Bertz CT molecular complexity index is 717. The smallest absolute Gasteiger partial charge is 0.260 e. The monoisotopic (exact) mass is 507 g/mol. The van der Waals surface area contributed by atoms with Gasteiger partial charge in [-0.2, -0.15) is 0 Å². The summed E-state index contributed by atoms with van der Waals surface area (Å²) in [6.07, 6.45) is 2.95. The van der Waals surface area contributed by atoms with Crippen LogP contribution < -0.4 is 10.1 Å². The maximum absolute atomic E-state index is 12.4. The molecule has 0 atom stereocenters. The van der Waals surface area contributed by atoms with Gasteiger partial charge in [0.2, 0.25) is 5.91 Å². The minimum absolute atomic E-state index is 0.0669. The predicted molar refractivity (Wildman–Crippen MR) is 132 cm³/mol. The number of ether oxygens (including phenoxy) is 1. The Morgan fingerprint density at radius 2 is 1.90 bits per heavy atom. The Balaban J connectivity index is 1.57. The summed E-state index contributed by atoms with van der Waals surface area (Å²) >= 11 is 11.9. The van der Waals surface area contributed by atoms with Gasteiger partial charge in [0, 0.05) is 48.6 Å². The first kappa shape index (κ1) is 26.5. The molecule has 2 amide bonds. The van der Waals surface area contributed by atoms with Crippen LogP contribution in [0.15, 0.2) is 18.2 Å². The van der Waals surface area contributed by atoms with Crippen molar-refractivity contribution in [3.63, 3.8) is 0 Å². The molecule has 0 unspecified atom stereocenters. The molecule has 0 saturated carbocycles. The number of likely N-dealkylation sites (tertiary alicyclic amines) is 1. The van der Waals surface area contributed by atoms with Gasteiger partial charge in [0.05, 0.1) is 5.02 Å². The molecule has 1 N–H and O–H groups in total. The van der Waals surface area contributed by atoms with Crippen molar-refractivity contribution in [3.05, 3.63) is 28.2 Å². The van der Waals surface area contributed by atoms with Crippen molar-refractivity contribution in [2.75, 3.05) is 51.8 Å². The van der Waals surface area contributed by atoms with Crippen molar-refractivity contribution in [3.8, 4) is 5.75 Å². The summed E-state index contributed by atoms with van der Waals surface area (Å²) in [7, 11) is 7.83. The summed E-state index contributed by atoms with van der Waals surface area (Å²) in [5, 5.41) is 4.01. The van der Waals surface area contributed by atoms with Crippen molar-refractivity contribution in [2.45, 2.75) is 31.7 Å². The molecule has 1 aromatic carbocycles. The number of nitrogens with one attached hydrogen (secondary N) is 1. The molecule has 0 radical (unpaired) electrons. The van der Waals surface area contributed by atoms with Crippen LogP contribution in [0.2, 0.25) is 10.0 Å². The van der Waals surface area contributed by atoms with Gasteiger partial charge in [-0.3, -0.25) is 9.59 Å². The molecular formula is C21H31Cl2N3O3S2. The first-order valence-electron chi connectivity index (χ1n) is 10.4. The van der Waals surface area contributed by atoms with Gasteiger partial charge in [0.15, 0.2) is 6.61 Å². The fourth-order valence-corrected chi connectivity index (χ4v) is 5.71. The standard InChI is InChI=1S/C21H31Cl2N3O3S2/c1-25(2)11-13-31-30-12-3-4-20(27)24-17-7-9-26(10-8-17)21(28)15-29-19-6-5-16(22)14-18(19)23/h5-6,14,17H,3-4,7-13,15H2,1-2H3,(H,24,27). The second-order valence-corrected chi connectivity index (χ2v) is 11.2. The summed E-state index contributed by atoms with van der Waals surface area (Å²) in [5.74, 6) is 2.54. The maximum atomic E-state index is 12.4. The molecule has 1 aromatic rings. The molecule has 1 fully saturated rings. The molecule has 0 aromatic heterocycles. The highest BCUT2D eigenvalue weighted by atomic mass is 35.5. The maximum Gasteiger partial charge on any atom is 0.260 e. The van der Waals surface area contributed by atoms with Crippen molar-refractivity contribution in [1.82, 2.24) is 15.1 Å². The number of carbonyl (C=O) groups is 2. The lowest BCUT2D eigenvalue weighted by Gasteiger charge is -2.32. The average molecular weight is 509 g/mol. The Hall–Kier alpha value is -0.800. The van der Waals surface area contributed by atoms with E-state index >= 15 is 0 Å². The van der Waals surface area contributed by atoms with E-state index in [1.165, 1.54) is 0 Å². The SMILES string of the molecule is CN(C)CCSSCCCC(=O)NC1CCN(C(=O)COc2ccc(Cl)cc2Cl)CC1. The van der Waals surface area contributed by atoms with E-state index in [-0.39, 0.29) is 24.5 Å². The van der Waals surface area contributed by atoms with Crippen LogP contribution in [-0.4, -0.2) is 79.5 Å². The molecule has 6 nitrogen and oxygen atoms in total. The quantitative estimate of drug-likeness (QED) is 0.337.